The molecule has 4 aromatic rings. The first-order valence-electron chi connectivity index (χ1n) is 12.8. The number of hydrogen-bond acceptors (Lipinski definition) is 7. The Morgan fingerprint density at radius 3 is 2.34 bits per heavy atom. The first-order valence-corrected chi connectivity index (χ1v) is 12.8. The van der Waals surface area contributed by atoms with E-state index in [2.05, 4.69) is 9.97 Å². The molecule has 1 aliphatic heterocycles. The summed E-state index contributed by atoms with van der Waals surface area (Å²) in [4.78, 5) is 47.3. The Balaban J connectivity index is 1.74. The number of carboxylic acids is 1. The van der Waals surface area contributed by atoms with Gasteiger partial charge in [0.15, 0.2) is 0 Å². The van der Waals surface area contributed by atoms with E-state index in [1.54, 1.807) is 49.6 Å². The average Bonchev–Trinajstić information content (AvgIpc) is 3.49. The van der Waals surface area contributed by atoms with Crippen molar-refractivity contribution in [1.82, 2.24) is 9.97 Å². The van der Waals surface area contributed by atoms with Crippen LogP contribution in [0.2, 0.25) is 0 Å². The van der Waals surface area contributed by atoms with Crippen molar-refractivity contribution in [3.05, 3.63) is 88.5 Å². The summed E-state index contributed by atoms with van der Waals surface area (Å²) in [6.07, 6.45) is 0. The number of nitrogens with one attached hydrogen (secondary N) is 1. The normalized spacial score (nSPS) is 16.8. The highest BCUT2D eigenvalue weighted by Crippen LogP contribution is 2.43. The lowest BCUT2D eigenvalue weighted by molar-refractivity contribution is -0.132. The largest absolute Gasteiger partial charge is 0.507 e. The predicted molar refractivity (Wildman–Crippen MR) is 153 cm³/mol. The molecule has 1 atom stereocenters. The first kappa shape index (κ1) is 27.4. The van der Waals surface area contributed by atoms with E-state index in [-0.39, 0.29) is 28.3 Å². The molecular weight excluding hydrogens is 526 g/mol. The molecule has 1 fully saturated rings. The Hall–Kier alpha value is -5.12. The number of aromatic amines is 1. The molecule has 0 saturated carbocycles. The lowest BCUT2D eigenvalue weighted by Crippen LogP contribution is -2.30. The van der Waals surface area contributed by atoms with E-state index in [1.165, 1.54) is 30.2 Å². The number of ketones is 1. The Bertz CT molecular complexity index is 1750. The molecule has 3 N–H and O–H groups in total. The fraction of sp³-hybridized carbons (Fsp3) is 0.226. The molecule has 0 radical (unpaired) electrons. The number of methoxy groups -OCH3 is 2. The van der Waals surface area contributed by atoms with E-state index < -0.39 is 23.7 Å². The van der Waals surface area contributed by atoms with Crippen molar-refractivity contribution >= 4 is 40.4 Å². The Kier molecular flexibility index (Phi) is 6.78. The molecule has 1 saturated heterocycles. The van der Waals surface area contributed by atoms with E-state index in [0.717, 1.165) is 5.56 Å². The van der Waals surface area contributed by atoms with Gasteiger partial charge in [-0.3, -0.25) is 14.5 Å². The van der Waals surface area contributed by atoms with Crippen molar-refractivity contribution in [2.75, 3.05) is 19.1 Å². The molecular formula is C31H29N3O7. The second kappa shape index (κ2) is 10.1. The van der Waals surface area contributed by atoms with Crippen LogP contribution in [-0.4, -0.2) is 52.1 Å². The Morgan fingerprint density at radius 1 is 0.951 bits per heavy atom. The summed E-state index contributed by atoms with van der Waals surface area (Å²) in [5, 5.41) is 21.0. The van der Waals surface area contributed by atoms with Crippen LogP contribution in [0, 0.1) is 0 Å². The number of carboxylic acid groups (broad SMARTS) is 1. The number of fused-ring (bicyclic) bond motifs is 1. The summed E-state index contributed by atoms with van der Waals surface area (Å²) in [6.45, 7) is 6.00. The molecule has 0 bridgehead atoms. The first-order chi connectivity index (χ1) is 19.4. The van der Waals surface area contributed by atoms with E-state index in [9.17, 15) is 24.6 Å². The number of H-pyrrole nitrogens is 1. The van der Waals surface area contributed by atoms with Gasteiger partial charge in [0.2, 0.25) is 5.95 Å². The van der Waals surface area contributed by atoms with Crippen LogP contribution in [-0.2, 0) is 15.0 Å². The van der Waals surface area contributed by atoms with Gasteiger partial charge in [0, 0.05) is 11.1 Å². The lowest BCUT2D eigenvalue weighted by atomic mass is 9.84. The Labute approximate surface area is 235 Å². The van der Waals surface area contributed by atoms with Gasteiger partial charge < -0.3 is 24.7 Å². The van der Waals surface area contributed by atoms with Crippen LogP contribution in [0.1, 0.15) is 53.9 Å². The van der Waals surface area contributed by atoms with Gasteiger partial charge in [-0.2, -0.15) is 0 Å². The zero-order chi connectivity index (χ0) is 29.6. The maximum absolute atomic E-state index is 13.6. The Morgan fingerprint density at radius 2 is 1.68 bits per heavy atom. The van der Waals surface area contributed by atoms with Crippen LogP contribution in [0.4, 0.5) is 5.95 Å². The molecule has 10 heteroatoms. The second-order valence-electron chi connectivity index (χ2n) is 10.7. The fourth-order valence-corrected chi connectivity index (χ4v) is 5.02. The number of benzene rings is 3. The second-order valence-corrected chi connectivity index (χ2v) is 10.7. The van der Waals surface area contributed by atoms with Gasteiger partial charge >= 0.3 is 11.9 Å². The highest BCUT2D eigenvalue weighted by atomic mass is 16.5. The van der Waals surface area contributed by atoms with Crippen molar-refractivity contribution in [3.63, 3.8) is 0 Å². The molecule has 5 rings (SSSR count). The number of hydrogen-bond donors (Lipinski definition) is 3. The number of aromatic nitrogens is 2. The molecule has 3 aromatic carbocycles. The summed E-state index contributed by atoms with van der Waals surface area (Å²) in [6, 6.07) is 15.2. The van der Waals surface area contributed by atoms with E-state index >= 15 is 0 Å². The van der Waals surface area contributed by atoms with Crippen LogP contribution in [0.3, 0.4) is 0 Å². The predicted octanol–water partition coefficient (Wildman–Crippen LogP) is 5.20. The number of carbonyl (C=O) groups is 3. The van der Waals surface area contributed by atoms with Crippen LogP contribution in [0.5, 0.6) is 11.5 Å². The van der Waals surface area contributed by atoms with Gasteiger partial charge in [0.1, 0.15) is 17.3 Å². The van der Waals surface area contributed by atoms with Crippen molar-refractivity contribution in [3.8, 4) is 11.5 Å². The molecule has 210 valence electrons. The smallest absolute Gasteiger partial charge is 0.335 e. The minimum Gasteiger partial charge on any atom is -0.507 e. The number of anilines is 1. The number of carbonyl (C=O) groups excluding carboxylic acids is 2. The third kappa shape index (κ3) is 4.77. The van der Waals surface area contributed by atoms with Gasteiger partial charge in [-0.1, -0.05) is 32.9 Å². The van der Waals surface area contributed by atoms with Crippen LogP contribution < -0.4 is 14.4 Å². The SMILES string of the molecule is COc1cccc(C2/C(=C(\O)c3ccc(OC)c(C(C)(C)C)c3)C(=O)C(=O)N2c2nc3ccc(C(=O)O)cc3[nH]2)c1. The van der Waals surface area contributed by atoms with Crippen molar-refractivity contribution in [1.29, 1.82) is 0 Å². The highest BCUT2D eigenvalue weighted by molar-refractivity contribution is 6.51. The molecule has 41 heavy (non-hydrogen) atoms. The van der Waals surface area contributed by atoms with Crippen LogP contribution >= 0.6 is 0 Å². The number of ether oxygens (including phenoxy) is 2. The number of aliphatic hydroxyl groups excluding tert-OH is 1. The maximum atomic E-state index is 13.6. The molecule has 10 nitrogen and oxygen atoms in total. The number of aromatic carboxylic acids is 1. The number of nitrogens with zero attached hydrogens (tertiary/aromatic N) is 2. The minimum atomic E-state index is -1.12. The van der Waals surface area contributed by atoms with Crippen LogP contribution in [0.15, 0.2) is 66.2 Å². The average molecular weight is 556 g/mol. The molecule has 2 heterocycles. The zero-order valence-electron chi connectivity index (χ0n) is 23.2. The minimum absolute atomic E-state index is 0.0293. The molecule has 0 aliphatic carbocycles. The molecule has 1 unspecified atom stereocenters. The molecule has 1 aromatic heterocycles. The highest BCUT2D eigenvalue weighted by Gasteiger charge is 2.48. The third-order valence-electron chi connectivity index (χ3n) is 7.08. The van der Waals surface area contributed by atoms with Gasteiger partial charge in [-0.25, -0.2) is 9.78 Å². The zero-order valence-corrected chi connectivity index (χ0v) is 23.2. The van der Waals surface area contributed by atoms with Gasteiger partial charge in [0.05, 0.1) is 42.4 Å². The topological polar surface area (TPSA) is 142 Å². The number of amides is 1. The monoisotopic (exact) mass is 555 g/mol. The summed E-state index contributed by atoms with van der Waals surface area (Å²) in [5.74, 6) is -2.12. The van der Waals surface area contributed by atoms with E-state index in [4.69, 9.17) is 9.47 Å². The number of Topliss-reactive ketones (excluding diaryl/α,β-unsaturated/α-hetero) is 1. The van der Waals surface area contributed by atoms with E-state index in [1.807, 2.05) is 20.8 Å². The number of imidazole rings is 1. The number of rotatable bonds is 6. The fourth-order valence-electron chi connectivity index (χ4n) is 5.02. The van der Waals surface area contributed by atoms with E-state index in [0.29, 0.717) is 33.7 Å². The van der Waals surface area contributed by atoms with Crippen molar-refractivity contribution in [2.24, 2.45) is 0 Å². The number of aliphatic hydroxyl groups is 1. The maximum Gasteiger partial charge on any atom is 0.335 e. The van der Waals surface area contributed by atoms with Crippen molar-refractivity contribution < 1.29 is 34.1 Å². The van der Waals surface area contributed by atoms with Crippen molar-refractivity contribution in [2.45, 2.75) is 32.2 Å². The lowest BCUT2D eigenvalue weighted by Gasteiger charge is -2.24. The van der Waals surface area contributed by atoms with Gasteiger partial charge in [0.25, 0.3) is 5.78 Å². The molecule has 0 spiro atoms. The van der Waals surface area contributed by atoms with Gasteiger partial charge in [-0.05, 0) is 59.5 Å². The quantitative estimate of drug-likeness (QED) is 0.167. The summed E-state index contributed by atoms with van der Waals surface area (Å²) >= 11 is 0. The molecule has 1 amide bonds. The summed E-state index contributed by atoms with van der Waals surface area (Å²) in [7, 11) is 3.06. The van der Waals surface area contributed by atoms with Gasteiger partial charge in [-0.15, -0.1) is 0 Å². The molecule has 1 aliphatic rings. The third-order valence-corrected chi connectivity index (χ3v) is 7.08. The summed E-state index contributed by atoms with van der Waals surface area (Å²) in [5.41, 5.74) is 2.00. The standard InChI is InChI=1S/C31H29N3O7/c1-31(2,3)20-14-17(10-12-23(20)41-5)26(35)24-25(16-7-6-8-19(13-16)40-4)34(28(37)27(24)36)30-32-21-11-9-18(29(38)39)15-22(21)33-30/h6-15,25,35H,1-5H3,(H,32,33)(H,38,39)/b26-24+. The van der Waals surface area contributed by atoms with Crippen LogP contribution in [0.25, 0.3) is 16.8 Å². The summed E-state index contributed by atoms with van der Waals surface area (Å²) < 4.78 is 10.9.